The van der Waals surface area contributed by atoms with Crippen molar-refractivity contribution in [2.75, 3.05) is 0 Å². The summed E-state index contributed by atoms with van der Waals surface area (Å²) in [6, 6.07) is 18.3. The van der Waals surface area contributed by atoms with Crippen LogP contribution in [0.15, 0.2) is 65.1 Å². The van der Waals surface area contributed by atoms with Gasteiger partial charge in [-0.2, -0.15) is 0 Å². The van der Waals surface area contributed by atoms with Crippen molar-refractivity contribution in [2.24, 2.45) is 0 Å². The number of benzene rings is 2. The van der Waals surface area contributed by atoms with Crippen molar-refractivity contribution < 1.29 is 14.0 Å². The molecule has 0 unspecified atom stereocenters. The first kappa shape index (κ1) is 15.0. The molecular weight excluding hydrogens is 288 g/mol. The van der Waals surface area contributed by atoms with Crippen LogP contribution in [0.5, 0.6) is 0 Å². The minimum Gasteiger partial charge on any atom is -0.460 e. The van der Waals surface area contributed by atoms with E-state index in [4.69, 9.17) is 4.42 Å². The molecule has 1 heterocycles. The van der Waals surface area contributed by atoms with E-state index >= 15 is 0 Å². The van der Waals surface area contributed by atoms with E-state index in [1.54, 1.807) is 31.2 Å². The number of rotatable bonds is 4. The summed E-state index contributed by atoms with van der Waals surface area (Å²) in [5, 5.41) is 0. The minimum absolute atomic E-state index is 0.173. The van der Waals surface area contributed by atoms with E-state index in [-0.39, 0.29) is 11.6 Å². The Hall–Kier alpha value is -2.94. The SMILES string of the molecule is CC(=O)c1c(C)oc(-c2ccccc2)c1C(=O)c1ccccc1. The van der Waals surface area contributed by atoms with Crippen molar-refractivity contribution in [2.45, 2.75) is 13.8 Å². The molecule has 0 N–H and O–H groups in total. The van der Waals surface area contributed by atoms with Crippen molar-refractivity contribution in [3.8, 4) is 11.3 Å². The molecule has 3 rings (SSSR count). The molecule has 0 saturated carbocycles. The molecule has 3 nitrogen and oxygen atoms in total. The van der Waals surface area contributed by atoms with Gasteiger partial charge in [0.15, 0.2) is 11.6 Å². The molecule has 23 heavy (non-hydrogen) atoms. The van der Waals surface area contributed by atoms with Gasteiger partial charge in [-0.15, -0.1) is 0 Å². The highest BCUT2D eigenvalue weighted by Gasteiger charge is 2.27. The summed E-state index contributed by atoms with van der Waals surface area (Å²) in [5.74, 6) is 0.539. The first-order valence-corrected chi connectivity index (χ1v) is 7.39. The van der Waals surface area contributed by atoms with Crippen LogP contribution in [0, 0.1) is 6.92 Å². The molecule has 0 atom stereocenters. The summed E-state index contributed by atoms with van der Waals surface area (Å²) in [7, 11) is 0. The molecule has 0 bridgehead atoms. The Morgan fingerprint density at radius 1 is 0.826 bits per heavy atom. The van der Waals surface area contributed by atoms with Crippen LogP contribution >= 0.6 is 0 Å². The Morgan fingerprint density at radius 2 is 1.39 bits per heavy atom. The largest absolute Gasteiger partial charge is 0.460 e. The second-order valence-electron chi connectivity index (χ2n) is 5.35. The zero-order valence-electron chi connectivity index (χ0n) is 13.0. The first-order valence-electron chi connectivity index (χ1n) is 7.39. The smallest absolute Gasteiger partial charge is 0.197 e. The van der Waals surface area contributed by atoms with Crippen LogP contribution in [0.4, 0.5) is 0 Å². The minimum atomic E-state index is -0.202. The summed E-state index contributed by atoms with van der Waals surface area (Å²) in [6.07, 6.45) is 0. The summed E-state index contributed by atoms with van der Waals surface area (Å²) >= 11 is 0. The summed E-state index contributed by atoms with van der Waals surface area (Å²) in [6.45, 7) is 3.17. The van der Waals surface area contributed by atoms with Crippen molar-refractivity contribution in [3.05, 3.63) is 83.1 Å². The van der Waals surface area contributed by atoms with Crippen LogP contribution in [0.1, 0.15) is 39.0 Å². The second-order valence-corrected chi connectivity index (χ2v) is 5.35. The normalized spacial score (nSPS) is 10.5. The van der Waals surface area contributed by atoms with E-state index in [2.05, 4.69) is 0 Å². The first-order chi connectivity index (χ1) is 11.1. The Kier molecular flexibility index (Phi) is 3.94. The van der Waals surface area contributed by atoms with Gasteiger partial charge in [-0.25, -0.2) is 0 Å². The fraction of sp³-hybridized carbons (Fsp3) is 0.100. The average Bonchev–Trinajstić information content (AvgIpc) is 2.93. The van der Waals surface area contributed by atoms with Gasteiger partial charge in [0.05, 0.1) is 11.1 Å². The van der Waals surface area contributed by atoms with Crippen molar-refractivity contribution in [3.63, 3.8) is 0 Å². The highest BCUT2D eigenvalue weighted by atomic mass is 16.3. The maximum absolute atomic E-state index is 13.0. The van der Waals surface area contributed by atoms with E-state index < -0.39 is 0 Å². The average molecular weight is 304 g/mol. The van der Waals surface area contributed by atoms with Gasteiger partial charge in [0, 0.05) is 11.1 Å². The van der Waals surface area contributed by atoms with Crippen LogP contribution in [0.2, 0.25) is 0 Å². The van der Waals surface area contributed by atoms with Gasteiger partial charge < -0.3 is 4.42 Å². The Bertz CT molecular complexity index is 859. The fourth-order valence-electron chi connectivity index (χ4n) is 2.71. The molecule has 3 aromatic rings. The molecule has 0 spiro atoms. The third-order valence-electron chi connectivity index (χ3n) is 3.74. The maximum Gasteiger partial charge on any atom is 0.197 e. The van der Waals surface area contributed by atoms with E-state index in [0.717, 1.165) is 5.56 Å². The molecule has 0 radical (unpaired) electrons. The lowest BCUT2D eigenvalue weighted by molar-refractivity contribution is 0.0991. The van der Waals surface area contributed by atoms with Gasteiger partial charge in [0.1, 0.15) is 11.5 Å². The number of hydrogen-bond acceptors (Lipinski definition) is 3. The molecular formula is C20H16O3. The zero-order chi connectivity index (χ0) is 16.4. The summed E-state index contributed by atoms with van der Waals surface area (Å²) in [5.41, 5.74) is 2.01. The van der Waals surface area contributed by atoms with Crippen molar-refractivity contribution in [1.29, 1.82) is 0 Å². The highest BCUT2D eigenvalue weighted by molar-refractivity contribution is 6.18. The van der Waals surface area contributed by atoms with Gasteiger partial charge in [-0.1, -0.05) is 60.7 Å². The second kappa shape index (κ2) is 6.05. The van der Waals surface area contributed by atoms with Gasteiger partial charge in [-0.3, -0.25) is 9.59 Å². The lowest BCUT2D eigenvalue weighted by Gasteiger charge is -2.04. The molecule has 0 saturated heterocycles. The zero-order valence-corrected chi connectivity index (χ0v) is 13.0. The number of aryl methyl sites for hydroxylation is 1. The summed E-state index contributed by atoms with van der Waals surface area (Å²) in [4.78, 5) is 25.0. The topological polar surface area (TPSA) is 47.3 Å². The molecule has 3 heteroatoms. The van der Waals surface area contributed by atoms with Crippen molar-refractivity contribution in [1.82, 2.24) is 0 Å². The van der Waals surface area contributed by atoms with Crippen LogP contribution in [-0.4, -0.2) is 11.6 Å². The Balaban J connectivity index is 2.25. The van der Waals surface area contributed by atoms with Gasteiger partial charge in [0.25, 0.3) is 0 Å². The Morgan fingerprint density at radius 3 is 1.96 bits per heavy atom. The number of Topliss-reactive ketones (excluding diaryl/α,β-unsaturated/α-hetero) is 1. The van der Waals surface area contributed by atoms with Gasteiger partial charge in [0.2, 0.25) is 0 Å². The third-order valence-corrected chi connectivity index (χ3v) is 3.74. The van der Waals surface area contributed by atoms with E-state index in [0.29, 0.717) is 28.2 Å². The molecule has 0 aliphatic carbocycles. The number of furan rings is 1. The molecule has 0 amide bonds. The van der Waals surface area contributed by atoms with Crippen LogP contribution in [0.25, 0.3) is 11.3 Å². The molecule has 1 aromatic heterocycles. The predicted molar refractivity (Wildman–Crippen MR) is 88.8 cm³/mol. The quantitative estimate of drug-likeness (QED) is 0.657. The number of carbonyl (C=O) groups excluding carboxylic acids is 2. The van der Waals surface area contributed by atoms with Crippen LogP contribution in [-0.2, 0) is 0 Å². The number of ketones is 2. The maximum atomic E-state index is 13.0. The number of carbonyl (C=O) groups is 2. The van der Waals surface area contributed by atoms with E-state index in [9.17, 15) is 9.59 Å². The van der Waals surface area contributed by atoms with E-state index in [1.165, 1.54) is 6.92 Å². The van der Waals surface area contributed by atoms with E-state index in [1.807, 2.05) is 36.4 Å². The monoisotopic (exact) mass is 304 g/mol. The fourth-order valence-corrected chi connectivity index (χ4v) is 2.71. The van der Waals surface area contributed by atoms with Gasteiger partial charge in [-0.05, 0) is 13.8 Å². The standard InChI is InChI=1S/C20H16O3/c1-13(21)17-14(2)23-20(16-11-7-4-8-12-16)18(17)19(22)15-9-5-3-6-10-15/h3-12H,1-2H3. The lowest BCUT2D eigenvalue weighted by atomic mass is 9.94. The Labute approximate surface area is 134 Å². The molecule has 0 aliphatic rings. The van der Waals surface area contributed by atoms with Gasteiger partial charge >= 0.3 is 0 Å². The highest BCUT2D eigenvalue weighted by Crippen LogP contribution is 2.33. The van der Waals surface area contributed by atoms with Crippen molar-refractivity contribution >= 4 is 11.6 Å². The molecule has 114 valence electrons. The van der Waals surface area contributed by atoms with Crippen LogP contribution in [0.3, 0.4) is 0 Å². The van der Waals surface area contributed by atoms with Crippen LogP contribution < -0.4 is 0 Å². The summed E-state index contributed by atoms with van der Waals surface area (Å²) < 4.78 is 5.79. The molecule has 2 aromatic carbocycles. The lowest BCUT2D eigenvalue weighted by Crippen LogP contribution is -2.08. The molecule has 0 aliphatic heterocycles. The molecule has 0 fully saturated rings. The third kappa shape index (κ3) is 2.73. The predicted octanol–water partition coefficient (Wildman–Crippen LogP) is 4.69. The number of hydrogen-bond donors (Lipinski definition) is 0.